The highest BCUT2D eigenvalue weighted by molar-refractivity contribution is 6.31. The van der Waals surface area contributed by atoms with E-state index in [1.54, 1.807) is 25.3 Å². The van der Waals surface area contributed by atoms with Crippen molar-refractivity contribution in [1.82, 2.24) is 0 Å². The van der Waals surface area contributed by atoms with E-state index >= 15 is 0 Å². The second kappa shape index (κ2) is 6.99. The van der Waals surface area contributed by atoms with Gasteiger partial charge < -0.3 is 15.4 Å². The van der Waals surface area contributed by atoms with Crippen LogP contribution in [0.5, 0.6) is 5.75 Å². The number of anilines is 2. The Morgan fingerprint density at radius 2 is 1.86 bits per heavy atom. The standard InChI is InChI=1S/C16H17ClN2O2/c1-3-11-6-4-5-7-13(11)18-16(20)19-14-10-12(17)8-9-15(14)21-2/h4-10H,3H2,1-2H3,(H2,18,19,20). The Bertz CT molecular complexity index is 644. The van der Waals surface area contributed by atoms with Gasteiger partial charge in [0.2, 0.25) is 0 Å². The Labute approximate surface area is 129 Å². The molecule has 2 aromatic rings. The number of carbonyl (C=O) groups excluding carboxylic acids is 1. The highest BCUT2D eigenvalue weighted by atomic mass is 35.5. The number of halogens is 1. The third-order valence-corrected chi connectivity index (χ3v) is 3.29. The van der Waals surface area contributed by atoms with Crippen molar-refractivity contribution < 1.29 is 9.53 Å². The quantitative estimate of drug-likeness (QED) is 0.870. The summed E-state index contributed by atoms with van der Waals surface area (Å²) in [6.45, 7) is 2.04. The topological polar surface area (TPSA) is 50.4 Å². The number of rotatable bonds is 4. The predicted octanol–water partition coefficient (Wildman–Crippen LogP) is 4.56. The summed E-state index contributed by atoms with van der Waals surface area (Å²) < 4.78 is 5.20. The van der Waals surface area contributed by atoms with Crippen LogP contribution in [0.25, 0.3) is 0 Å². The van der Waals surface area contributed by atoms with Crippen LogP contribution < -0.4 is 15.4 Å². The van der Waals surface area contributed by atoms with E-state index < -0.39 is 0 Å². The minimum atomic E-state index is -0.337. The fraction of sp³-hybridized carbons (Fsp3) is 0.188. The summed E-state index contributed by atoms with van der Waals surface area (Å²) >= 11 is 5.94. The lowest BCUT2D eigenvalue weighted by Crippen LogP contribution is -2.20. The first-order valence-electron chi connectivity index (χ1n) is 6.63. The van der Waals surface area contributed by atoms with Crippen LogP contribution in [0.2, 0.25) is 5.02 Å². The first-order valence-corrected chi connectivity index (χ1v) is 7.01. The summed E-state index contributed by atoms with van der Waals surface area (Å²) in [6.07, 6.45) is 0.844. The van der Waals surface area contributed by atoms with Crippen molar-refractivity contribution >= 4 is 29.0 Å². The second-order valence-electron chi connectivity index (χ2n) is 4.43. The molecule has 0 aromatic heterocycles. The van der Waals surface area contributed by atoms with E-state index in [0.717, 1.165) is 17.7 Å². The van der Waals surface area contributed by atoms with E-state index in [-0.39, 0.29) is 6.03 Å². The maximum Gasteiger partial charge on any atom is 0.323 e. The van der Waals surface area contributed by atoms with E-state index in [0.29, 0.717) is 16.5 Å². The SMILES string of the molecule is CCc1ccccc1NC(=O)Nc1cc(Cl)ccc1OC. The molecule has 0 aliphatic heterocycles. The lowest BCUT2D eigenvalue weighted by Gasteiger charge is -2.13. The van der Waals surface area contributed by atoms with Crippen LogP contribution >= 0.6 is 11.6 Å². The second-order valence-corrected chi connectivity index (χ2v) is 4.87. The molecule has 0 fully saturated rings. The monoisotopic (exact) mass is 304 g/mol. The fourth-order valence-corrected chi connectivity index (χ4v) is 2.18. The molecule has 21 heavy (non-hydrogen) atoms. The van der Waals surface area contributed by atoms with Crippen molar-refractivity contribution in [1.29, 1.82) is 0 Å². The zero-order chi connectivity index (χ0) is 15.2. The minimum Gasteiger partial charge on any atom is -0.495 e. The minimum absolute atomic E-state index is 0.337. The number of methoxy groups -OCH3 is 1. The largest absolute Gasteiger partial charge is 0.495 e. The average molecular weight is 305 g/mol. The molecule has 2 N–H and O–H groups in total. The maximum atomic E-state index is 12.1. The van der Waals surface area contributed by atoms with Crippen molar-refractivity contribution in [2.45, 2.75) is 13.3 Å². The highest BCUT2D eigenvalue weighted by Gasteiger charge is 2.09. The van der Waals surface area contributed by atoms with Gasteiger partial charge in [-0.2, -0.15) is 0 Å². The number of benzene rings is 2. The van der Waals surface area contributed by atoms with Gasteiger partial charge in [0, 0.05) is 10.7 Å². The predicted molar refractivity (Wildman–Crippen MR) is 86.5 cm³/mol. The summed E-state index contributed by atoms with van der Waals surface area (Å²) in [6, 6.07) is 12.4. The van der Waals surface area contributed by atoms with Crippen molar-refractivity contribution in [3.05, 3.63) is 53.1 Å². The van der Waals surface area contributed by atoms with Gasteiger partial charge in [-0.1, -0.05) is 36.7 Å². The lowest BCUT2D eigenvalue weighted by atomic mass is 10.1. The Morgan fingerprint density at radius 3 is 2.57 bits per heavy atom. The molecule has 0 aliphatic carbocycles. The van der Waals surface area contributed by atoms with E-state index in [1.165, 1.54) is 0 Å². The number of ether oxygens (including phenoxy) is 1. The molecule has 0 heterocycles. The van der Waals surface area contributed by atoms with Gasteiger partial charge in [-0.3, -0.25) is 0 Å². The first kappa shape index (κ1) is 15.2. The van der Waals surface area contributed by atoms with Gasteiger partial charge in [-0.05, 0) is 36.2 Å². The van der Waals surface area contributed by atoms with Gasteiger partial charge in [0.15, 0.2) is 0 Å². The molecule has 0 saturated heterocycles. The fourth-order valence-electron chi connectivity index (χ4n) is 2.00. The molecule has 0 aliphatic rings. The van der Waals surface area contributed by atoms with Crippen LogP contribution in [-0.2, 0) is 6.42 Å². The summed E-state index contributed by atoms with van der Waals surface area (Å²) in [7, 11) is 1.54. The normalized spacial score (nSPS) is 10.0. The number of amides is 2. The van der Waals surface area contributed by atoms with Crippen molar-refractivity contribution in [2.24, 2.45) is 0 Å². The van der Waals surface area contributed by atoms with Gasteiger partial charge in [-0.25, -0.2) is 4.79 Å². The number of hydrogen-bond acceptors (Lipinski definition) is 2. The molecule has 0 saturated carbocycles. The van der Waals surface area contributed by atoms with E-state index in [9.17, 15) is 4.79 Å². The molecule has 2 rings (SSSR count). The van der Waals surface area contributed by atoms with Crippen LogP contribution in [0, 0.1) is 0 Å². The Morgan fingerprint density at radius 1 is 1.14 bits per heavy atom. The van der Waals surface area contributed by atoms with Crippen molar-refractivity contribution in [3.8, 4) is 5.75 Å². The molecule has 0 unspecified atom stereocenters. The Balaban J connectivity index is 2.13. The van der Waals surface area contributed by atoms with Crippen molar-refractivity contribution in [3.63, 3.8) is 0 Å². The molecule has 0 atom stereocenters. The third kappa shape index (κ3) is 3.89. The number of carbonyl (C=O) groups is 1. The maximum absolute atomic E-state index is 12.1. The number of aryl methyl sites for hydroxylation is 1. The van der Waals surface area contributed by atoms with Crippen LogP contribution in [0.15, 0.2) is 42.5 Å². The summed E-state index contributed by atoms with van der Waals surface area (Å²) in [4.78, 5) is 12.1. The summed E-state index contributed by atoms with van der Waals surface area (Å²) in [5, 5.41) is 6.10. The van der Waals surface area contributed by atoms with Gasteiger partial charge >= 0.3 is 6.03 Å². The van der Waals surface area contributed by atoms with Gasteiger partial charge in [-0.15, -0.1) is 0 Å². The van der Waals surface area contributed by atoms with Crippen LogP contribution in [-0.4, -0.2) is 13.1 Å². The molecule has 0 bridgehead atoms. The molecular weight excluding hydrogens is 288 g/mol. The zero-order valence-electron chi connectivity index (χ0n) is 11.9. The molecule has 5 heteroatoms. The Hall–Kier alpha value is -2.20. The first-order chi connectivity index (χ1) is 10.1. The van der Waals surface area contributed by atoms with Gasteiger partial charge in [0.1, 0.15) is 5.75 Å². The molecular formula is C16H17ClN2O2. The lowest BCUT2D eigenvalue weighted by molar-refractivity contribution is 0.262. The highest BCUT2D eigenvalue weighted by Crippen LogP contribution is 2.28. The van der Waals surface area contributed by atoms with Crippen molar-refractivity contribution in [2.75, 3.05) is 17.7 Å². The number of urea groups is 1. The van der Waals surface area contributed by atoms with E-state index in [2.05, 4.69) is 10.6 Å². The van der Waals surface area contributed by atoms with Crippen LogP contribution in [0.4, 0.5) is 16.2 Å². The average Bonchev–Trinajstić information content (AvgIpc) is 2.48. The van der Waals surface area contributed by atoms with E-state index in [1.807, 2.05) is 31.2 Å². The molecule has 4 nitrogen and oxygen atoms in total. The zero-order valence-corrected chi connectivity index (χ0v) is 12.7. The number of hydrogen-bond donors (Lipinski definition) is 2. The van der Waals surface area contributed by atoms with Gasteiger partial charge in [0.25, 0.3) is 0 Å². The Kier molecular flexibility index (Phi) is 5.06. The van der Waals surface area contributed by atoms with E-state index in [4.69, 9.17) is 16.3 Å². The molecule has 2 aromatic carbocycles. The molecule has 2 amide bonds. The summed E-state index contributed by atoms with van der Waals surface area (Å²) in [5.74, 6) is 0.554. The third-order valence-electron chi connectivity index (χ3n) is 3.06. The number of nitrogens with one attached hydrogen (secondary N) is 2. The van der Waals surface area contributed by atoms with Crippen LogP contribution in [0.1, 0.15) is 12.5 Å². The van der Waals surface area contributed by atoms with Gasteiger partial charge in [0.05, 0.1) is 12.8 Å². The molecule has 0 radical (unpaired) electrons. The molecule has 110 valence electrons. The molecule has 0 spiro atoms. The smallest absolute Gasteiger partial charge is 0.323 e. The van der Waals surface area contributed by atoms with Crippen LogP contribution in [0.3, 0.4) is 0 Å². The summed E-state index contributed by atoms with van der Waals surface area (Å²) in [5.41, 5.74) is 2.39. The number of para-hydroxylation sites is 1.